The second-order valence-electron chi connectivity index (χ2n) is 2.93. The molecule has 6 nitrogen and oxygen atoms in total. The zero-order chi connectivity index (χ0) is 12.8. The van der Waals surface area contributed by atoms with E-state index in [1.165, 1.54) is 18.2 Å². The molecule has 1 aromatic carbocycles. The Balaban J connectivity index is 2.98. The van der Waals surface area contributed by atoms with E-state index in [0.29, 0.717) is 0 Å². The number of methoxy groups -OCH3 is 1. The number of carbonyl (C=O) groups is 2. The third kappa shape index (κ3) is 3.26. The summed E-state index contributed by atoms with van der Waals surface area (Å²) < 4.78 is 18.1. The van der Waals surface area contributed by atoms with Gasteiger partial charge in [0.05, 0.1) is 18.9 Å². The number of hydrogen-bond donors (Lipinski definition) is 2. The van der Waals surface area contributed by atoms with Crippen LogP contribution >= 0.6 is 0 Å². The molecule has 7 heteroatoms. The lowest BCUT2D eigenvalue weighted by Gasteiger charge is -2.02. The summed E-state index contributed by atoms with van der Waals surface area (Å²) in [6.07, 6.45) is 1.03. The highest BCUT2D eigenvalue weighted by Gasteiger charge is 2.13. The predicted octanol–water partition coefficient (Wildman–Crippen LogP) is 0.615. The van der Waals surface area contributed by atoms with Crippen LogP contribution < -0.4 is 11.2 Å². The van der Waals surface area contributed by atoms with Crippen molar-refractivity contribution in [3.63, 3.8) is 0 Å². The average molecular weight is 239 g/mol. The fraction of sp³-hybridized carbons (Fsp3) is 0.100. The lowest BCUT2D eigenvalue weighted by Crippen LogP contribution is -2.24. The number of carbonyl (C=O) groups excluding carboxylic acids is 2. The molecule has 90 valence electrons. The molecule has 0 aliphatic heterocycles. The van der Waals surface area contributed by atoms with Crippen molar-refractivity contribution in [1.82, 2.24) is 5.43 Å². The van der Waals surface area contributed by atoms with Gasteiger partial charge in [-0.05, 0) is 6.07 Å². The van der Waals surface area contributed by atoms with Crippen LogP contribution in [0.1, 0.15) is 15.9 Å². The van der Waals surface area contributed by atoms with Crippen LogP contribution in [0.5, 0.6) is 0 Å². The third-order valence-electron chi connectivity index (χ3n) is 1.81. The Morgan fingerprint density at radius 1 is 1.53 bits per heavy atom. The van der Waals surface area contributed by atoms with Gasteiger partial charge in [-0.2, -0.15) is 5.10 Å². The highest BCUT2D eigenvalue weighted by molar-refractivity contribution is 5.92. The van der Waals surface area contributed by atoms with Gasteiger partial charge in [0.2, 0.25) is 0 Å². The molecule has 0 radical (unpaired) electrons. The van der Waals surface area contributed by atoms with E-state index < -0.39 is 17.8 Å². The zero-order valence-electron chi connectivity index (χ0n) is 8.94. The maximum Gasteiger partial charge on any atom is 0.340 e. The molecule has 0 bridgehead atoms. The van der Waals surface area contributed by atoms with Crippen molar-refractivity contribution >= 4 is 18.2 Å². The number of nitrogens with zero attached hydrogens (tertiary/aromatic N) is 1. The van der Waals surface area contributed by atoms with Crippen LogP contribution in [0.25, 0.3) is 0 Å². The van der Waals surface area contributed by atoms with E-state index in [-0.39, 0.29) is 11.1 Å². The number of nitrogens with two attached hydrogens (primary N) is 1. The SMILES string of the molecule is COC(=O)c1cccc(C=NNC(N)=O)c1F. The number of nitrogens with one attached hydrogen (secondary N) is 1. The van der Waals surface area contributed by atoms with Gasteiger partial charge in [-0.1, -0.05) is 12.1 Å². The molecule has 17 heavy (non-hydrogen) atoms. The van der Waals surface area contributed by atoms with Crippen molar-refractivity contribution in [2.75, 3.05) is 7.11 Å². The number of halogens is 1. The first-order valence-corrected chi connectivity index (χ1v) is 4.51. The van der Waals surface area contributed by atoms with Gasteiger partial charge in [-0.25, -0.2) is 19.4 Å². The fourth-order valence-electron chi connectivity index (χ4n) is 1.08. The second-order valence-corrected chi connectivity index (χ2v) is 2.93. The maximum absolute atomic E-state index is 13.7. The number of benzene rings is 1. The summed E-state index contributed by atoms with van der Waals surface area (Å²) >= 11 is 0. The number of hydrazone groups is 1. The standard InChI is InChI=1S/C10H10FN3O3/c1-17-9(15)7-4-2-3-6(8(7)11)5-13-14-10(12)16/h2-5H,1H3,(H3,12,14,16). The van der Waals surface area contributed by atoms with Gasteiger partial charge in [-0.15, -0.1) is 0 Å². The topological polar surface area (TPSA) is 93.8 Å². The van der Waals surface area contributed by atoms with Gasteiger partial charge < -0.3 is 10.5 Å². The molecule has 0 saturated carbocycles. The van der Waals surface area contributed by atoms with E-state index in [1.807, 2.05) is 5.43 Å². The molecule has 0 unspecified atom stereocenters. The minimum atomic E-state index is -0.870. The Kier molecular flexibility index (Phi) is 4.15. The number of urea groups is 1. The van der Waals surface area contributed by atoms with Gasteiger partial charge in [0.25, 0.3) is 0 Å². The van der Waals surface area contributed by atoms with Gasteiger partial charge in [0.1, 0.15) is 5.82 Å². The molecule has 0 fully saturated rings. The highest BCUT2D eigenvalue weighted by Crippen LogP contribution is 2.12. The number of ether oxygens (including phenoxy) is 1. The van der Waals surface area contributed by atoms with Gasteiger partial charge in [-0.3, -0.25) is 0 Å². The summed E-state index contributed by atoms with van der Waals surface area (Å²) in [4.78, 5) is 21.5. The van der Waals surface area contributed by atoms with Crippen molar-refractivity contribution in [1.29, 1.82) is 0 Å². The Hall–Kier alpha value is -2.44. The van der Waals surface area contributed by atoms with E-state index in [4.69, 9.17) is 5.73 Å². The third-order valence-corrected chi connectivity index (χ3v) is 1.81. The smallest absolute Gasteiger partial charge is 0.340 e. The van der Waals surface area contributed by atoms with E-state index >= 15 is 0 Å². The Morgan fingerprint density at radius 2 is 2.24 bits per heavy atom. The molecule has 0 heterocycles. The summed E-state index contributed by atoms with van der Waals surface area (Å²) in [6.45, 7) is 0. The molecule has 0 saturated heterocycles. The van der Waals surface area contributed by atoms with Crippen molar-refractivity contribution in [2.45, 2.75) is 0 Å². The lowest BCUT2D eigenvalue weighted by atomic mass is 10.1. The number of amides is 2. The van der Waals surface area contributed by atoms with Crippen LogP contribution in [0.15, 0.2) is 23.3 Å². The molecule has 1 aromatic rings. The predicted molar refractivity (Wildman–Crippen MR) is 58.1 cm³/mol. The molecule has 1 rings (SSSR count). The Bertz CT molecular complexity index is 474. The average Bonchev–Trinajstić information content (AvgIpc) is 2.30. The molecule has 0 aliphatic rings. The maximum atomic E-state index is 13.7. The molecule has 2 amide bonds. The first kappa shape index (κ1) is 12.6. The highest BCUT2D eigenvalue weighted by atomic mass is 19.1. The van der Waals surface area contributed by atoms with E-state index in [1.54, 1.807) is 0 Å². The largest absolute Gasteiger partial charge is 0.465 e. The van der Waals surface area contributed by atoms with Crippen molar-refractivity contribution < 1.29 is 18.7 Å². The van der Waals surface area contributed by atoms with E-state index in [2.05, 4.69) is 9.84 Å². The fourth-order valence-corrected chi connectivity index (χ4v) is 1.08. The Morgan fingerprint density at radius 3 is 2.82 bits per heavy atom. The molecular weight excluding hydrogens is 229 g/mol. The quantitative estimate of drug-likeness (QED) is 0.459. The minimum absolute atomic E-state index is 0.0293. The molecule has 0 aliphatic carbocycles. The number of rotatable bonds is 3. The zero-order valence-corrected chi connectivity index (χ0v) is 8.94. The summed E-state index contributed by atoms with van der Waals surface area (Å²) in [5, 5.41) is 3.39. The van der Waals surface area contributed by atoms with Gasteiger partial charge in [0.15, 0.2) is 0 Å². The number of hydrogen-bond acceptors (Lipinski definition) is 4. The molecule has 0 atom stereocenters. The van der Waals surface area contributed by atoms with Crippen LogP contribution in [-0.4, -0.2) is 25.3 Å². The number of esters is 1. The molecule has 3 N–H and O–H groups in total. The van der Waals surface area contributed by atoms with E-state index in [9.17, 15) is 14.0 Å². The molecule has 0 spiro atoms. The summed E-state index contributed by atoms with van der Waals surface area (Å²) in [6, 6.07) is 3.25. The minimum Gasteiger partial charge on any atom is -0.465 e. The van der Waals surface area contributed by atoms with Crippen molar-refractivity contribution in [2.24, 2.45) is 10.8 Å². The summed E-state index contributed by atoms with van der Waals surface area (Å²) in [5.74, 6) is -1.57. The van der Waals surface area contributed by atoms with Crippen molar-refractivity contribution in [3.8, 4) is 0 Å². The van der Waals surface area contributed by atoms with Crippen LogP contribution in [0.4, 0.5) is 9.18 Å². The summed E-state index contributed by atoms with van der Waals surface area (Å²) in [5.41, 5.74) is 6.49. The monoisotopic (exact) mass is 239 g/mol. The lowest BCUT2D eigenvalue weighted by molar-refractivity contribution is 0.0595. The Labute approximate surface area is 96.2 Å². The van der Waals surface area contributed by atoms with Crippen LogP contribution in [-0.2, 0) is 4.74 Å². The van der Waals surface area contributed by atoms with Crippen LogP contribution in [0.2, 0.25) is 0 Å². The first-order valence-electron chi connectivity index (χ1n) is 4.51. The van der Waals surface area contributed by atoms with Crippen LogP contribution in [0.3, 0.4) is 0 Å². The van der Waals surface area contributed by atoms with Crippen LogP contribution in [0, 0.1) is 5.82 Å². The second kappa shape index (κ2) is 5.59. The molecular formula is C10H10FN3O3. The van der Waals surface area contributed by atoms with Crippen molar-refractivity contribution in [3.05, 3.63) is 35.1 Å². The molecule has 0 aromatic heterocycles. The number of primary amides is 1. The van der Waals surface area contributed by atoms with E-state index in [0.717, 1.165) is 13.3 Å². The summed E-state index contributed by atoms with van der Waals surface area (Å²) in [7, 11) is 1.15. The van der Waals surface area contributed by atoms with Gasteiger partial charge in [0, 0.05) is 5.56 Å². The normalized spacial score (nSPS) is 10.2. The first-order chi connectivity index (χ1) is 8.06. The van der Waals surface area contributed by atoms with Gasteiger partial charge >= 0.3 is 12.0 Å².